The topological polar surface area (TPSA) is 166 Å². The first-order chi connectivity index (χ1) is 17.8. The number of nitrogens with zero attached hydrogens (tertiary/aromatic N) is 8. The van der Waals surface area contributed by atoms with Crippen LogP contribution in [-0.2, 0) is 0 Å². The van der Waals surface area contributed by atoms with Crippen molar-refractivity contribution in [3.63, 3.8) is 0 Å². The fraction of sp³-hybridized carbons (Fsp3) is 0.565. The summed E-state index contributed by atoms with van der Waals surface area (Å²) < 4.78 is 1.81. The number of likely N-dealkylation sites (tertiary alicyclic amines) is 1. The van der Waals surface area contributed by atoms with Crippen LogP contribution in [-0.4, -0.2) is 110 Å². The van der Waals surface area contributed by atoms with E-state index >= 15 is 0 Å². The van der Waals surface area contributed by atoms with Gasteiger partial charge >= 0.3 is 12.1 Å². The van der Waals surface area contributed by atoms with Crippen LogP contribution in [0.3, 0.4) is 0 Å². The van der Waals surface area contributed by atoms with E-state index in [1.165, 1.54) is 4.90 Å². The molecule has 0 unspecified atom stereocenters. The highest BCUT2D eigenvalue weighted by molar-refractivity contribution is 5.96. The summed E-state index contributed by atoms with van der Waals surface area (Å²) in [6.07, 6.45) is 7.26. The molecule has 3 saturated heterocycles. The van der Waals surface area contributed by atoms with Crippen LogP contribution < -0.4 is 16.0 Å². The lowest BCUT2D eigenvalue weighted by molar-refractivity contribution is 0.0995. The molecule has 5 heterocycles. The van der Waals surface area contributed by atoms with E-state index in [1.54, 1.807) is 17.3 Å². The second kappa shape index (κ2) is 10.1. The molecule has 2 aromatic rings. The highest BCUT2D eigenvalue weighted by Gasteiger charge is 2.34. The Balaban J connectivity index is 1.30. The lowest BCUT2D eigenvalue weighted by Crippen LogP contribution is -2.49. The van der Waals surface area contributed by atoms with E-state index in [9.17, 15) is 14.4 Å². The predicted molar refractivity (Wildman–Crippen MR) is 134 cm³/mol. The van der Waals surface area contributed by atoms with Gasteiger partial charge in [0, 0.05) is 52.5 Å². The zero-order chi connectivity index (χ0) is 26.1. The van der Waals surface area contributed by atoms with Gasteiger partial charge in [-0.2, -0.15) is 5.10 Å². The van der Waals surface area contributed by atoms with Crippen molar-refractivity contribution in [1.29, 1.82) is 0 Å². The number of piperidine rings is 2. The van der Waals surface area contributed by atoms with Crippen LogP contribution in [0.25, 0.3) is 0 Å². The Morgan fingerprint density at radius 2 is 1.86 bits per heavy atom. The Bertz CT molecular complexity index is 1180. The molecule has 37 heavy (non-hydrogen) atoms. The van der Waals surface area contributed by atoms with Gasteiger partial charge in [-0.05, 0) is 25.7 Å². The molecule has 3 fully saturated rings. The molecule has 5 rings (SSSR count). The summed E-state index contributed by atoms with van der Waals surface area (Å²) in [5, 5.41) is 16.7. The van der Waals surface area contributed by atoms with E-state index in [-0.39, 0.29) is 29.6 Å². The summed E-state index contributed by atoms with van der Waals surface area (Å²) in [5.41, 5.74) is 6.22. The Labute approximate surface area is 214 Å². The predicted octanol–water partition coefficient (Wildman–Crippen LogP) is 1.17. The standard InChI is InChI=1S/C23H32N10O4/c1-29-9-10-32(22(29)35)17-3-2-6-31(14-17)18-12-25-19(20(24)34)21(28-18)27-15-11-26-33(13-15)16-4-7-30(8-5-16)23(36)37/h11-13,16-17H,2-10,14H2,1H3,(H2,24,34)(H,27,28)(H,36,37)/t17-/m1/s1. The van der Waals surface area contributed by atoms with Gasteiger partial charge in [0.05, 0.1) is 30.2 Å². The molecule has 1 atom stereocenters. The first kappa shape index (κ1) is 24.6. The lowest BCUT2D eigenvalue weighted by Gasteiger charge is -2.37. The number of amides is 4. The average Bonchev–Trinajstić information content (AvgIpc) is 3.50. The number of likely N-dealkylation sites (N-methyl/N-ethyl adjacent to an activating group) is 1. The third kappa shape index (κ3) is 5.08. The molecule has 0 bridgehead atoms. The number of aromatic nitrogens is 4. The van der Waals surface area contributed by atoms with Crippen molar-refractivity contribution in [3.8, 4) is 0 Å². The Morgan fingerprint density at radius 3 is 2.54 bits per heavy atom. The molecule has 198 valence electrons. The monoisotopic (exact) mass is 512 g/mol. The molecule has 14 nitrogen and oxygen atoms in total. The van der Waals surface area contributed by atoms with Gasteiger partial charge in [0.2, 0.25) is 0 Å². The van der Waals surface area contributed by atoms with Crippen LogP contribution >= 0.6 is 0 Å². The minimum atomic E-state index is -0.905. The van der Waals surface area contributed by atoms with E-state index in [4.69, 9.17) is 10.8 Å². The summed E-state index contributed by atoms with van der Waals surface area (Å²) in [5.74, 6) is 0.146. The first-order valence-electron chi connectivity index (χ1n) is 12.5. The molecule has 0 radical (unpaired) electrons. The molecular formula is C23H32N10O4. The maximum Gasteiger partial charge on any atom is 0.407 e. The Hall–Kier alpha value is -4.10. The minimum absolute atomic E-state index is 0.0242. The van der Waals surface area contributed by atoms with Crippen LogP contribution in [0.1, 0.15) is 42.2 Å². The number of urea groups is 1. The molecule has 2 aromatic heterocycles. The maximum absolute atomic E-state index is 12.5. The van der Waals surface area contributed by atoms with E-state index in [0.29, 0.717) is 50.5 Å². The second-order valence-corrected chi connectivity index (χ2v) is 9.76. The SMILES string of the molecule is CN1CCN([C@@H]2CCCN(c3cnc(C(N)=O)c(Nc4cnn(C5CCN(C(=O)O)CC5)c4)n3)C2)C1=O. The molecular weight excluding hydrogens is 480 g/mol. The van der Waals surface area contributed by atoms with Gasteiger partial charge in [0.25, 0.3) is 5.91 Å². The molecule has 0 aliphatic carbocycles. The van der Waals surface area contributed by atoms with Crippen molar-refractivity contribution in [2.75, 3.05) is 56.5 Å². The van der Waals surface area contributed by atoms with E-state index < -0.39 is 12.0 Å². The van der Waals surface area contributed by atoms with Gasteiger partial charge < -0.3 is 35.8 Å². The fourth-order valence-corrected chi connectivity index (χ4v) is 5.28. The fourth-order valence-electron chi connectivity index (χ4n) is 5.28. The van der Waals surface area contributed by atoms with E-state index in [2.05, 4.69) is 25.3 Å². The Morgan fingerprint density at radius 1 is 1.08 bits per heavy atom. The Kier molecular flexibility index (Phi) is 6.72. The largest absolute Gasteiger partial charge is 0.465 e. The number of carboxylic acid groups (broad SMARTS) is 1. The number of hydrogen-bond acceptors (Lipinski definition) is 8. The normalized spacial score (nSPS) is 21.0. The zero-order valence-electron chi connectivity index (χ0n) is 20.8. The second-order valence-electron chi connectivity index (χ2n) is 9.76. The summed E-state index contributed by atoms with van der Waals surface area (Å²) >= 11 is 0. The molecule has 0 aromatic carbocycles. The average molecular weight is 513 g/mol. The van der Waals surface area contributed by atoms with Crippen LogP contribution in [0.5, 0.6) is 0 Å². The number of primary amides is 1. The van der Waals surface area contributed by atoms with Crippen molar-refractivity contribution in [2.45, 2.75) is 37.8 Å². The smallest absolute Gasteiger partial charge is 0.407 e. The number of anilines is 3. The van der Waals surface area contributed by atoms with Crippen LogP contribution in [0.4, 0.5) is 26.9 Å². The number of nitrogens with two attached hydrogens (primary N) is 1. The summed E-state index contributed by atoms with van der Waals surface area (Å²) in [6, 6.07) is 0.220. The summed E-state index contributed by atoms with van der Waals surface area (Å²) in [4.78, 5) is 51.9. The zero-order valence-corrected chi connectivity index (χ0v) is 20.8. The van der Waals surface area contributed by atoms with E-state index in [0.717, 1.165) is 25.9 Å². The third-order valence-electron chi connectivity index (χ3n) is 7.38. The minimum Gasteiger partial charge on any atom is -0.465 e. The lowest BCUT2D eigenvalue weighted by atomic mass is 10.0. The third-order valence-corrected chi connectivity index (χ3v) is 7.38. The van der Waals surface area contributed by atoms with Gasteiger partial charge in [-0.1, -0.05) is 0 Å². The highest BCUT2D eigenvalue weighted by atomic mass is 16.4. The number of hydrogen-bond donors (Lipinski definition) is 3. The van der Waals surface area contributed by atoms with Crippen LogP contribution in [0.2, 0.25) is 0 Å². The van der Waals surface area contributed by atoms with Crippen molar-refractivity contribution < 1.29 is 19.5 Å². The van der Waals surface area contributed by atoms with Crippen molar-refractivity contribution >= 4 is 35.4 Å². The summed E-state index contributed by atoms with van der Waals surface area (Å²) in [7, 11) is 1.82. The highest BCUT2D eigenvalue weighted by Crippen LogP contribution is 2.27. The van der Waals surface area contributed by atoms with Crippen LogP contribution in [0.15, 0.2) is 18.6 Å². The quantitative estimate of drug-likeness (QED) is 0.515. The molecule has 0 saturated carbocycles. The molecule has 3 aliphatic heterocycles. The number of rotatable bonds is 6. The first-order valence-corrected chi connectivity index (χ1v) is 12.5. The number of carbonyl (C=O) groups is 3. The molecule has 4 amide bonds. The molecule has 3 aliphatic rings. The van der Waals surface area contributed by atoms with Crippen molar-refractivity contribution in [1.82, 2.24) is 34.4 Å². The summed E-state index contributed by atoms with van der Waals surface area (Å²) in [6.45, 7) is 3.76. The van der Waals surface area contributed by atoms with Gasteiger partial charge in [0.15, 0.2) is 11.5 Å². The van der Waals surface area contributed by atoms with Gasteiger partial charge in [-0.15, -0.1) is 0 Å². The molecule has 0 spiro atoms. The van der Waals surface area contributed by atoms with Crippen LogP contribution in [0, 0.1) is 0 Å². The molecule has 4 N–H and O–H groups in total. The van der Waals surface area contributed by atoms with Gasteiger partial charge in [-0.25, -0.2) is 19.6 Å². The van der Waals surface area contributed by atoms with Gasteiger partial charge in [-0.3, -0.25) is 9.48 Å². The van der Waals surface area contributed by atoms with Crippen molar-refractivity contribution in [2.24, 2.45) is 5.73 Å². The van der Waals surface area contributed by atoms with Crippen molar-refractivity contribution in [3.05, 3.63) is 24.3 Å². The molecule has 14 heteroatoms. The van der Waals surface area contributed by atoms with E-state index in [1.807, 2.05) is 22.8 Å². The number of nitrogens with one attached hydrogen (secondary N) is 1. The number of carbonyl (C=O) groups excluding carboxylic acids is 2. The maximum atomic E-state index is 12.5. The van der Waals surface area contributed by atoms with Gasteiger partial charge in [0.1, 0.15) is 5.82 Å².